The van der Waals surface area contributed by atoms with Gasteiger partial charge >= 0.3 is 5.97 Å². The van der Waals surface area contributed by atoms with Crippen LogP contribution in [0.1, 0.15) is 88.0 Å². The molecule has 0 saturated heterocycles. The number of fused-ring (bicyclic) bond motifs is 7. The summed E-state index contributed by atoms with van der Waals surface area (Å²) in [5.74, 6) is 1.77. The Hall–Kier alpha value is -1.91. The molecule has 5 rings (SSSR count). The SMILES string of the molecule is CC(=O)O[C@H]1CC[C@@]2(C)C(=CC[C@@H]3[C@@H]2CC[C@]2(C)c4c(C)nn(C(C)=O)c4C[C@@H]32)C1. The molecule has 4 aliphatic rings. The van der Waals surface area contributed by atoms with Crippen molar-refractivity contribution in [1.82, 2.24) is 9.78 Å². The van der Waals surface area contributed by atoms with E-state index < -0.39 is 0 Å². The first-order valence-electron chi connectivity index (χ1n) is 11.6. The summed E-state index contributed by atoms with van der Waals surface area (Å²) in [6.45, 7) is 10.1. The molecule has 0 aliphatic heterocycles. The Morgan fingerprint density at radius 3 is 2.53 bits per heavy atom. The molecule has 5 heteroatoms. The van der Waals surface area contributed by atoms with E-state index in [1.54, 1.807) is 11.6 Å². The van der Waals surface area contributed by atoms with Crippen molar-refractivity contribution in [3.8, 4) is 0 Å². The molecular formula is C25H34N2O3. The fraction of sp³-hybridized carbons (Fsp3) is 0.720. The second kappa shape index (κ2) is 6.54. The second-order valence-corrected chi connectivity index (χ2v) is 10.7. The van der Waals surface area contributed by atoms with Gasteiger partial charge in [-0.05, 0) is 74.0 Å². The van der Waals surface area contributed by atoms with Crippen LogP contribution in [0.4, 0.5) is 0 Å². The highest BCUT2D eigenvalue weighted by Crippen LogP contribution is 2.64. The average molecular weight is 411 g/mol. The quantitative estimate of drug-likeness (QED) is 0.495. The predicted octanol–water partition coefficient (Wildman–Crippen LogP) is 4.76. The molecule has 0 radical (unpaired) electrons. The maximum atomic E-state index is 12.2. The van der Waals surface area contributed by atoms with E-state index in [0.717, 1.165) is 37.8 Å². The maximum absolute atomic E-state index is 12.2. The Morgan fingerprint density at radius 2 is 1.83 bits per heavy atom. The Morgan fingerprint density at radius 1 is 1.10 bits per heavy atom. The maximum Gasteiger partial charge on any atom is 0.302 e. The van der Waals surface area contributed by atoms with Crippen LogP contribution in [0.5, 0.6) is 0 Å². The van der Waals surface area contributed by atoms with Gasteiger partial charge in [0, 0.05) is 25.8 Å². The topological polar surface area (TPSA) is 61.2 Å². The van der Waals surface area contributed by atoms with E-state index in [2.05, 4.69) is 31.9 Å². The largest absolute Gasteiger partial charge is 0.462 e. The summed E-state index contributed by atoms with van der Waals surface area (Å²) >= 11 is 0. The van der Waals surface area contributed by atoms with Crippen molar-refractivity contribution in [1.29, 1.82) is 0 Å². The second-order valence-electron chi connectivity index (χ2n) is 10.7. The smallest absolute Gasteiger partial charge is 0.302 e. The molecule has 0 unspecified atom stereocenters. The highest BCUT2D eigenvalue weighted by atomic mass is 16.5. The lowest BCUT2D eigenvalue weighted by molar-refractivity contribution is -0.148. The fourth-order valence-corrected chi connectivity index (χ4v) is 7.95. The molecule has 162 valence electrons. The number of allylic oxidation sites excluding steroid dienone is 1. The number of nitrogens with zero attached hydrogens (tertiary/aromatic N) is 2. The van der Waals surface area contributed by atoms with Gasteiger partial charge in [0.15, 0.2) is 0 Å². The van der Waals surface area contributed by atoms with Crippen LogP contribution < -0.4 is 0 Å². The number of ether oxygens (including phenoxy) is 1. The van der Waals surface area contributed by atoms with Crippen LogP contribution in [0.2, 0.25) is 0 Å². The summed E-state index contributed by atoms with van der Waals surface area (Å²) in [6.07, 6.45) is 10.00. The monoisotopic (exact) mass is 410 g/mol. The Labute approximate surface area is 179 Å². The lowest BCUT2D eigenvalue weighted by Crippen LogP contribution is -2.51. The van der Waals surface area contributed by atoms with Crippen LogP contribution in [-0.2, 0) is 21.4 Å². The number of aryl methyl sites for hydroxylation is 1. The van der Waals surface area contributed by atoms with Crippen molar-refractivity contribution >= 4 is 11.9 Å². The molecule has 1 aromatic rings. The summed E-state index contributed by atoms with van der Waals surface area (Å²) in [6, 6.07) is 0. The molecule has 0 spiro atoms. The van der Waals surface area contributed by atoms with Crippen LogP contribution in [0.3, 0.4) is 0 Å². The van der Waals surface area contributed by atoms with Crippen LogP contribution in [0.25, 0.3) is 0 Å². The van der Waals surface area contributed by atoms with Crippen LogP contribution in [-0.4, -0.2) is 27.8 Å². The van der Waals surface area contributed by atoms with Gasteiger partial charge in [0.1, 0.15) is 6.10 Å². The summed E-state index contributed by atoms with van der Waals surface area (Å²) in [7, 11) is 0. The fourth-order valence-electron chi connectivity index (χ4n) is 7.95. The van der Waals surface area contributed by atoms with E-state index in [1.165, 1.54) is 36.6 Å². The Kier molecular flexibility index (Phi) is 4.37. The Balaban J connectivity index is 1.47. The average Bonchev–Trinajstić information content (AvgIpc) is 3.16. The first kappa shape index (κ1) is 20.0. The molecule has 2 saturated carbocycles. The number of carbonyl (C=O) groups is 2. The van der Waals surface area contributed by atoms with Crippen molar-refractivity contribution in [3.63, 3.8) is 0 Å². The zero-order valence-corrected chi connectivity index (χ0v) is 19.0. The van der Waals surface area contributed by atoms with Crippen molar-refractivity contribution in [2.75, 3.05) is 0 Å². The van der Waals surface area contributed by atoms with Gasteiger partial charge in [0.05, 0.1) is 11.4 Å². The zero-order valence-electron chi connectivity index (χ0n) is 19.0. The zero-order chi connectivity index (χ0) is 21.4. The number of aromatic nitrogens is 2. The van der Waals surface area contributed by atoms with E-state index >= 15 is 0 Å². The Bertz CT molecular complexity index is 960. The third-order valence-electron chi connectivity index (χ3n) is 9.22. The highest BCUT2D eigenvalue weighted by Gasteiger charge is 2.59. The molecule has 30 heavy (non-hydrogen) atoms. The molecule has 0 amide bonds. The van der Waals surface area contributed by atoms with Gasteiger partial charge in [-0.2, -0.15) is 5.10 Å². The molecule has 4 aliphatic carbocycles. The molecule has 1 heterocycles. The van der Waals surface area contributed by atoms with Crippen LogP contribution in [0.15, 0.2) is 11.6 Å². The van der Waals surface area contributed by atoms with Gasteiger partial charge in [-0.25, -0.2) is 4.68 Å². The third-order valence-corrected chi connectivity index (χ3v) is 9.22. The molecule has 2 fully saturated rings. The molecular weight excluding hydrogens is 376 g/mol. The van der Waals surface area contributed by atoms with E-state index in [0.29, 0.717) is 17.8 Å². The summed E-state index contributed by atoms with van der Waals surface area (Å²) in [5, 5.41) is 4.60. The summed E-state index contributed by atoms with van der Waals surface area (Å²) in [4.78, 5) is 23.7. The van der Waals surface area contributed by atoms with Gasteiger partial charge in [0.25, 0.3) is 0 Å². The van der Waals surface area contributed by atoms with Crippen molar-refractivity contribution in [2.24, 2.45) is 23.2 Å². The molecule has 6 atom stereocenters. The van der Waals surface area contributed by atoms with E-state index in [1.807, 2.05) is 0 Å². The van der Waals surface area contributed by atoms with Crippen molar-refractivity contribution in [2.45, 2.75) is 91.1 Å². The molecule has 0 N–H and O–H groups in total. The summed E-state index contributed by atoms with van der Waals surface area (Å²) in [5.41, 5.74) is 5.45. The lowest BCUT2D eigenvalue weighted by atomic mass is 9.47. The van der Waals surface area contributed by atoms with Gasteiger partial charge in [-0.15, -0.1) is 0 Å². The minimum atomic E-state index is -0.162. The first-order valence-corrected chi connectivity index (χ1v) is 11.6. The van der Waals surface area contributed by atoms with E-state index in [9.17, 15) is 9.59 Å². The summed E-state index contributed by atoms with van der Waals surface area (Å²) < 4.78 is 7.25. The number of rotatable bonds is 1. The molecule has 1 aromatic heterocycles. The van der Waals surface area contributed by atoms with Gasteiger partial charge in [0.2, 0.25) is 5.91 Å². The number of hydrogen-bond donors (Lipinski definition) is 0. The molecule has 0 aromatic carbocycles. The minimum Gasteiger partial charge on any atom is -0.462 e. The standard InChI is InChI=1S/C25H34N2O3/c1-14-23-22(27(26-14)15(2)28)13-21-19-7-6-17-12-18(30-16(3)29)8-10-24(17,4)20(19)9-11-25(21,23)5/h6,18-21H,7-13H2,1-5H3/t18-,19+,20-,21-,24-,25-/m0/s1. The van der Waals surface area contributed by atoms with Crippen LogP contribution in [0, 0.1) is 30.1 Å². The van der Waals surface area contributed by atoms with Crippen molar-refractivity contribution in [3.05, 3.63) is 28.6 Å². The normalized spacial score (nSPS) is 39.3. The number of esters is 1. The van der Waals surface area contributed by atoms with Crippen molar-refractivity contribution < 1.29 is 14.3 Å². The lowest BCUT2D eigenvalue weighted by Gasteiger charge is -2.57. The van der Waals surface area contributed by atoms with Crippen LogP contribution >= 0.6 is 0 Å². The number of carbonyl (C=O) groups excluding carboxylic acids is 2. The third kappa shape index (κ3) is 2.63. The molecule has 0 bridgehead atoms. The van der Waals surface area contributed by atoms with E-state index in [4.69, 9.17) is 4.74 Å². The highest BCUT2D eigenvalue weighted by molar-refractivity contribution is 5.77. The minimum absolute atomic E-state index is 0.0275. The predicted molar refractivity (Wildman–Crippen MR) is 114 cm³/mol. The van der Waals surface area contributed by atoms with E-state index in [-0.39, 0.29) is 28.8 Å². The molecule has 5 nitrogen and oxygen atoms in total. The van der Waals surface area contributed by atoms with Gasteiger partial charge in [-0.3, -0.25) is 9.59 Å². The van der Waals surface area contributed by atoms with Gasteiger partial charge < -0.3 is 4.74 Å². The van der Waals surface area contributed by atoms with Gasteiger partial charge in [-0.1, -0.05) is 25.5 Å². The first-order chi connectivity index (χ1) is 14.1. The number of hydrogen-bond acceptors (Lipinski definition) is 4.